The van der Waals surface area contributed by atoms with E-state index in [1.807, 2.05) is 13.8 Å². The lowest BCUT2D eigenvalue weighted by Gasteiger charge is -2.24. The van der Waals surface area contributed by atoms with E-state index in [1.54, 1.807) is 33.3 Å². The molecule has 0 heterocycles. The van der Waals surface area contributed by atoms with E-state index in [2.05, 4.69) is 15.6 Å². The number of aliphatic imine (C=N–C) groups is 1. The highest BCUT2D eigenvalue weighted by molar-refractivity contribution is 7.89. The van der Waals surface area contributed by atoms with Crippen LogP contribution < -0.4 is 15.8 Å². The van der Waals surface area contributed by atoms with Gasteiger partial charge in [-0.2, -0.15) is 0 Å². The molecule has 0 fully saturated rings. The Morgan fingerprint density at radius 1 is 1.22 bits per heavy atom. The van der Waals surface area contributed by atoms with Crippen molar-refractivity contribution >= 4 is 21.9 Å². The van der Waals surface area contributed by atoms with E-state index in [-0.39, 0.29) is 17.3 Å². The fourth-order valence-electron chi connectivity index (χ4n) is 1.82. The molecular weight excluding hydrogens is 370 g/mol. The predicted octanol–water partition coefficient (Wildman–Crippen LogP) is -0.118. The lowest BCUT2D eigenvalue weighted by atomic mass is 10.1. The van der Waals surface area contributed by atoms with E-state index >= 15 is 0 Å². The molecule has 0 radical (unpaired) electrons. The zero-order valence-electron chi connectivity index (χ0n) is 16.4. The van der Waals surface area contributed by atoms with Crippen molar-refractivity contribution in [2.75, 3.05) is 34.3 Å². The van der Waals surface area contributed by atoms with Crippen molar-refractivity contribution in [3.8, 4) is 0 Å². The molecule has 0 aliphatic carbocycles. The topological polar surface area (TPSA) is 126 Å². The van der Waals surface area contributed by atoms with Gasteiger partial charge in [0.05, 0.1) is 23.6 Å². The number of sulfonamides is 1. The first kappa shape index (κ1) is 22.9. The molecule has 1 rings (SSSR count). The Morgan fingerprint density at radius 2 is 1.81 bits per heavy atom. The van der Waals surface area contributed by atoms with E-state index in [0.717, 1.165) is 5.56 Å². The smallest absolute Gasteiger partial charge is 0.241 e. The van der Waals surface area contributed by atoms with Gasteiger partial charge in [-0.1, -0.05) is 12.1 Å². The van der Waals surface area contributed by atoms with Crippen molar-refractivity contribution < 1.29 is 17.9 Å². The fourth-order valence-corrected chi connectivity index (χ4v) is 2.33. The number of nitrogens with two attached hydrogens (primary N) is 1. The summed E-state index contributed by atoms with van der Waals surface area (Å²) >= 11 is 0. The maximum Gasteiger partial charge on any atom is 0.241 e. The molecule has 1 aromatic carbocycles. The van der Waals surface area contributed by atoms with Gasteiger partial charge >= 0.3 is 0 Å². The van der Waals surface area contributed by atoms with Crippen molar-refractivity contribution in [3.63, 3.8) is 0 Å². The molecule has 0 saturated heterocycles. The van der Waals surface area contributed by atoms with E-state index in [4.69, 9.17) is 9.88 Å². The Morgan fingerprint density at radius 3 is 2.30 bits per heavy atom. The number of guanidine groups is 1. The Balaban J connectivity index is 2.84. The first-order chi connectivity index (χ1) is 12.4. The van der Waals surface area contributed by atoms with Crippen LogP contribution in [0, 0.1) is 0 Å². The standard InChI is InChI=1S/C17H29N5O4S/c1-17(2,26-5)12-21-16(20-11-15(23)22(3)4)19-10-13-6-8-14(9-7-13)27(18,24)25/h6-9H,10-12H2,1-5H3,(H2,18,24,25)(H2,19,20,21). The number of carbonyl (C=O) groups excluding carboxylic acids is 1. The molecular formula is C17H29N5O4S. The number of primary sulfonamides is 1. The summed E-state index contributed by atoms with van der Waals surface area (Å²) in [5.74, 6) is 0.360. The number of benzene rings is 1. The van der Waals surface area contributed by atoms with Crippen LogP contribution in [0.25, 0.3) is 0 Å². The van der Waals surface area contributed by atoms with Crippen molar-refractivity contribution in [1.29, 1.82) is 0 Å². The molecule has 0 saturated carbocycles. The minimum atomic E-state index is -3.72. The fraction of sp³-hybridized carbons (Fsp3) is 0.529. The third kappa shape index (κ3) is 8.37. The summed E-state index contributed by atoms with van der Waals surface area (Å²) in [6, 6.07) is 6.16. The highest BCUT2D eigenvalue weighted by Crippen LogP contribution is 2.09. The van der Waals surface area contributed by atoms with Gasteiger partial charge in [0.25, 0.3) is 0 Å². The van der Waals surface area contributed by atoms with E-state index in [9.17, 15) is 13.2 Å². The maximum atomic E-state index is 11.8. The van der Waals surface area contributed by atoms with Gasteiger partial charge in [0.1, 0.15) is 0 Å². The van der Waals surface area contributed by atoms with Gasteiger partial charge < -0.3 is 20.3 Å². The molecule has 0 aromatic heterocycles. The number of hydrogen-bond acceptors (Lipinski definition) is 5. The van der Waals surface area contributed by atoms with Crippen LogP contribution in [0.3, 0.4) is 0 Å². The third-order valence-electron chi connectivity index (χ3n) is 3.81. The van der Waals surface area contributed by atoms with Crippen molar-refractivity contribution in [2.24, 2.45) is 10.1 Å². The number of likely N-dealkylation sites (N-methyl/N-ethyl adjacent to an activating group) is 1. The number of rotatable bonds is 8. The molecule has 0 atom stereocenters. The molecule has 0 unspecified atom stereocenters. The largest absolute Gasteiger partial charge is 0.377 e. The van der Waals surface area contributed by atoms with E-state index in [1.165, 1.54) is 17.0 Å². The van der Waals surface area contributed by atoms with Crippen molar-refractivity contribution in [3.05, 3.63) is 29.8 Å². The van der Waals surface area contributed by atoms with E-state index < -0.39 is 15.6 Å². The van der Waals surface area contributed by atoms with Crippen LogP contribution in [0.15, 0.2) is 34.2 Å². The third-order valence-corrected chi connectivity index (χ3v) is 4.74. The first-order valence-electron chi connectivity index (χ1n) is 8.34. The molecule has 4 N–H and O–H groups in total. The van der Waals surface area contributed by atoms with Crippen LogP contribution in [-0.4, -0.2) is 65.1 Å². The number of ether oxygens (including phenoxy) is 1. The van der Waals surface area contributed by atoms with Gasteiger partial charge in [0.15, 0.2) is 5.96 Å². The minimum absolute atomic E-state index is 0.0464. The number of amides is 1. The van der Waals surface area contributed by atoms with Gasteiger partial charge in [-0.25, -0.2) is 18.5 Å². The molecule has 10 heteroatoms. The van der Waals surface area contributed by atoms with Gasteiger partial charge in [0.2, 0.25) is 15.9 Å². The van der Waals surface area contributed by atoms with Gasteiger partial charge in [0, 0.05) is 27.7 Å². The lowest BCUT2D eigenvalue weighted by molar-refractivity contribution is -0.127. The number of methoxy groups -OCH3 is 1. The lowest BCUT2D eigenvalue weighted by Crippen LogP contribution is -2.47. The summed E-state index contributed by atoms with van der Waals surface area (Å²) in [7, 11) is 1.25. The quantitative estimate of drug-likeness (QED) is 0.413. The second kappa shape index (κ2) is 9.67. The Hall–Kier alpha value is -2.17. The number of hydrogen-bond donors (Lipinski definition) is 3. The Kier molecular flexibility index (Phi) is 8.20. The Labute approximate surface area is 161 Å². The van der Waals surface area contributed by atoms with Gasteiger partial charge in [-0.05, 0) is 31.5 Å². The second-order valence-corrected chi connectivity index (χ2v) is 8.37. The van der Waals surface area contributed by atoms with E-state index in [0.29, 0.717) is 19.0 Å². The zero-order chi connectivity index (χ0) is 20.7. The molecule has 9 nitrogen and oxygen atoms in total. The molecule has 1 aromatic rings. The molecule has 27 heavy (non-hydrogen) atoms. The molecule has 152 valence electrons. The molecule has 0 aliphatic rings. The molecule has 0 spiro atoms. The number of nitrogens with one attached hydrogen (secondary N) is 2. The van der Waals surface area contributed by atoms with Gasteiger partial charge in [-0.15, -0.1) is 0 Å². The minimum Gasteiger partial charge on any atom is -0.377 e. The second-order valence-electron chi connectivity index (χ2n) is 6.81. The summed E-state index contributed by atoms with van der Waals surface area (Å²) in [6.07, 6.45) is 0. The predicted molar refractivity (Wildman–Crippen MR) is 105 cm³/mol. The zero-order valence-corrected chi connectivity index (χ0v) is 17.3. The SMILES string of the molecule is COC(C)(C)CNC(=NCc1ccc(S(N)(=O)=O)cc1)NCC(=O)N(C)C. The summed E-state index contributed by atoms with van der Waals surface area (Å²) in [5.41, 5.74) is 0.388. The van der Waals surface area contributed by atoms with Crippen molar-refractivity contribution in [1.82, 2.24) is 15.5 Å². The van der Waals surface area contributed by atoms with Crippen LogP contribution in [0.1, 0.15) is 19.4 Å². The van der Waals surface area contributed by atoms with Crippen LogP contribution in [0.5, 0.6) is 0 Å². The van der Waals surface area contributed by atoms with Crippen LogP contribution in [0.2, 0.25) is 0 Å². The molecule has 0 aliphatic heterocycles. The summed E-state index contributed by atoms with van der Waals surface area (Å²) in [6.45, 7) is 4.72. The average molecular weight is 400 g/mol. The molecule has 1 amide bonds. The highest BCUT2D eigenvalue weighted by atomic mass is 32.2. The number of nitrogens with zero attached hydrogens (tertiary/aromatic N) is 2. The van der Waals surface area contributed by atoms with Crippen LogP contribution in [0.4, 0.5) is 0 Å². The summed E-state index contributed by atoms with van der Waals surface area (Å²) in [5, 5.41) is 11.2. The van der Waals surface area contributed by atoms with Crippen molar-refractivity contribution in [2.45, 2.75) is 30.9 Å². The molecule has 0 bridgehead atoms. The monoisotopic (exact) mass is 399 g/mol. The van der Waals surface area contributed by atoms with Crippen LogP contribution >= 0.6 is 0 Å². The van der Waals surface area contributed by atoms with Crippen LogP contribution in [-0.2, 0) is 26.1 Å². The highest BCUT2D eigenvalue weighted by Gasteiger charge is 2.17. The normalized spacial score (nSPS) is 12.6. The maximum absolute atomic E-state index is 11.8. The van der Waals surface area contributed by atoms with Gasteiger partial charge in [-0.3, -0.25) is 4.79 Å². The number of carbonyl (C=O) groups is 1. The average Bonchev–Trinajstić information content (AvgIpc) is 2.60. The first-order valence-corrected chi connectivity index (χ1v) is 9.88. The summed E-state index contributed by atoms with van der Waals surface area (Å²) < 4.78 is 28.0. The Bertz CT molecular complexity index is 758. The summed E-state index contributed by atoms with van der Waals surface area (Å²) in [4.78, 5) is 17.8.